The van der Waals surface area contributed by atoms with E-state index in [4.69, 9.17) is 9.97 Å². The summed E-state index contributed by atoms with van der Waals surface area (Å²) < 4.78 is 2.21. The average Bonchev–Trinajstić information content (AvgIpc) is 3.74. The molecule has 0 amide bonds. The van der Waals surface area contributed by atoms with E-state index in [1.807, 2.05) is 36.5 Å². The zero-order valence-corrected chi connectivity index (χ0v) is 30.6. The number of rotatable bonds is 6. The number of fused-ring (bicyclic) bond motifs is 4. The fourth-order valence-electron chi connectivity index (χ4n) is 8.62. The maximum atomic E-state index is 11.3. The van der Waals surface area contributed by atoms with Crippen molar-refractivity contribution in [1.29, 1.82) is 0 Å². The van der Waals surface area contributed by atoms with Crippen LogP contribution in [0.3, 0.4) is 0 Å². The van der Waals surface area contributed by atoms with E-state index in [0.29, 0.717) is 11.4 Å². The molecular weight excluding hydrogens is 671 g/mol. The summed E-state index contributed by atoms with van der Waals surface area (Å²) in [4.78, 5) is 10.4. The van der Waals surface area contributed by atoms with Crippen molar-refractivity contribution in [2.24, 2.45) is 0 Å². The smallest absolute Gasteiger partial charge is 0.149 e. The van der Waals surface area contributed by atoms with Crippen LogP contribution in [0.1, 0.15) is 25.0 Å². The van der Waals surface area contributed by atoms with E-state index in [2.05, 4.69) is 158 Å². The lowest BCUT2D eigenvalue weighted by molar-refractivity contribution is 0.477. The number of hydrogen-bond donors (Lipinski definition) is 1. The molecule has 4 heteroatoms. The third kappa shape index (κ3) is 5.29. The molecule has 1 N–H and O–H groups in total. The zero-order valence-electron chi connectivity index (χ0n) is 30.6. The molecular formula is C51H37N3O. The Bertz CT molecular complexity index is 2910. The Kier molecular flexibility index (Phi) is 7.60. The van der Waals surface area contributed by atoms with E-state index in [0.717, 1.165) is 61.4 Å². The van der Waals surface area contributed by atoms with Crippen molar-refractivity contribution in [3.63, 3.8) is 0 Å². The molecule has 0 fully saturated rings. The Balaban J connectivity index is 1.28. The average molecular weight is 708 g/mol. The molecule has 0 radical (unpaired) electrons. The highest BCUT2D eigenvalue weighted by Gasteiger charge is 2.38. The monoisotopic (exact) mass is 707 g/mol. The van der Waals surface area contributed by atoms with Crippen LogP contribution in [0.2, 0.25) is 0 Å². The standard InChI is InChI=1S/C51H37N3O/c1-51(2)43-24-12-9-21-38(43)41-30-36(44-32-35(28-29-52-44)33-16-5-3-6-17-33)31-42(48(41)51)39-23-15-26-46-49(39)53-50(40-22-11-14-27-47(40)55)54(46)45-25-13-10-20-37(45)34-18-7-4-8-19-34/h3-32,55H,1-2H3. The van der Waals surface area contributed by atoms with Gasteiger partial charge >= 0.3 is 0 Å². The third-order valence-electron chi connectivity index (χ3n) is 11.2. The SMILES string of the molecule is CC1(C)c2ccccc2-c2cc(-c3cc(-c4ccccc4)ccn3)cc(-c3cccc4c3nc(-c3ccccc3O)n4-c3ccccc3-c3ccccc3)c21. The van der Waals surface area contributed by atoms with Crippen molar-refractivity contribution in [2.45, 2.75) is 19.3 Å². The van der Waals surface area contributed by atoms with E-state index < -0.39 is 0 Å². The predicted molar refractivity (Wildman–Crippen MR) is 225 cm³/mol. The number of para-hydroxylation sites is 3. The van der Waals surface area contributed by atoms with Crippen molar-refractivity contribution in [1.82, 2.24) is 14.5 Å². The minimum atomic E-state index is -0.274. The zero-order chi connectivity index (χ0) is 37.1. The van der Waals surface area contributed by atoms with Crippen LogP contribution in [-0.2, 0) is 5.41 Å². The molecule has 9 aromatic rings. The minimum absolute atomic E-state index is 0.182. The molecule has 0 spiro atoms. The molecule has 1 aliphatic carbocycles. The van der Waals surface area contributed by atoms with Crippen LogP contribution in [-0.4, -0.2) is 19.6 Å². The topological polar surface area (TPSA) is 50.9 Å². The fraction of sp³-hybridized carbons (Fsp3) is 0.0588. The highest BCUT2D eigenvalue weighted by Crippen LogP contribution is 2.54. The van der Waals surface area contributed by atoms with Crippen LogP contribution < -0.4 is 0 Å². The molecule has 0 atom stereocenters. The Morgan fingerprint density at radius 3 is 1.87 bits per heavy atom. The van der Waals surface area contributed by atoms with E-state index >= 15 is 0 Å². The molecule has 0 unspecified atom stereocenters. The first kappa shape index (κ1) is 32.6. The van der Waals surface area contributed by atoms with Gasteiger partial charge in [0.15, 0.2) is 0 Å². The first-order valence-corrected chi connectivity index (χ1v) is 18.7. The Morgan fingerprint density at radius 2 is 1.11 bits per heavy atom. The summed E-state index contributed by atoms with van der Waals surface area (Å²) in [5.74, 6) is 0.859. The minimum Gasteiger partial charge on any atom is -0.507 e. The second-order valence-corrected chi connectivity index (χ2v) is 14.8. The quantitative estimate of drug-likeness (QED) is 0.187. The van der Waals surface area contributed by atoms with E-state index in [9.17, 15) is 5.11 Å². The van der Waals surface area contributed by atoms with Gasteiger partial charge in [-0.25, -0.2) is 4.98 Å². The number of aromatic nitrogens is 3. The van der Waals surface area contributed by atoms with E-state index in [-0.39, 0.29) is 11.2 Å². The summed E-state index contributed by atoms with van der Waals surface area (Å²) in [5.41, 5.74) is 16.8. The number of aromatic hydroxyl groups is 1. The van der Waals surface area contributed by atoms with E-state index in [1.54, 1.807) is 6.07 Å². The van der Waals surface area contributed by atoms with E-state index in [1.165, 1.54) is 22.3 Å². The van der Waals surface area contributed by atoms with Gasteiger partial charge in [0.2, 0.25) is 0 Å². The van der Waals surface area contributed by atoms with Gasteiger partial charge in [0.1, 0.15) is 11.6 Å². The summed E-state index contributed by atoms with van der Waals surface area (Å²) in [6.45, 7) is 4.66. The Morgan fingerprint density at radius 1 is 0.491 bits per heavy atom. The van der Waals surface area contributed by atoms with Gasteiger partial charge in [-0.15, -0.1) is 0 Å². The molecule has 10 rings (SSSR count). The molecule has 55 heavy (non-hydrogen) atoms. The van der Waals surface area contributed by atoms with Gasteiger partial charge in [-0.2, -0.15) is 0 Å². The number of phenols is 1. The van der Waals surface area contributed by atoms with Gasteiger partial charge in [0, 0.05) is 28.3 Å². The van der Waals surface area contributed by atoms with Gasteiger partial charge in [0.05, 0.1) is 28.0 Å². The van der Waals surface area contributed by atoms with Crippen molar-refractivity contribution in [3.05, 3.63) is 193 Å². The maximum absolute atomic E-state index is 11.3. The molecule has 262 valence electrons. The largest absolute Gasteiger partial charge is 0.507 e. The van der Waals surface area contributed by atoms with Crippen molar-refractivity contribution in [2.75, 3.05) is 0 Å². The second kappa shape index (κ2) is 12.8. The molecule has 2 heterocycles. The molecule has 4 nitrogen and oxygen atoms in total. The number of nitrogens with zero attached hydrogens (tertiary/aromatic N) is 3. The van der Waals surface area contributed by atoms with Crippen LogP contribution in [0, 0.1) is 0 Å². The second-order valence-electron chi connectivity index (χ2n) is 14.8. The highest BCUT2D eigenvalue weighted by molar-refractivity contribution is 6.01. The van der Waals surface area contributed by atoms with Gasteiger partial charge < -0.3 is 5.11 Å². The van der Waals surface area contributed by atoms with Crippen LogP contribution in [0.25, 0.3) is 83.9 Å². The number of pyridine rings is 1. The van der Waals surface area contributed by atoms with Crippen LogP contribution >= 0.6 is 0 Å². The number of hydrogen-bond acceptors (Lipinski definition) is 3. The van der Waals surface area contributed by atoms with Gasteiger partial charge in [-0.1, -0.05) is 141 Å². The van der Waals surface area contributed by atoms with Crippen molar-refractivity contribution >= 4 is 11.0 Å². The molecule has 2 aromatic heterocycles. The number of phenolic OH excluding ortho intramolecular Hbond substituents is 1. The molecule has 0 aliphatic heterocycles. The molecule has 0 bridgehead atoms. The molecule has 7 aromatic carbocycles. The van der Waals surface area contributed by atoms with Crippen molar-refractivity contribution in [3.8, 4) is 78.6 Å². The van der Waals surface area contributed by atoms with Gasteiger partial charge in [-0.05, 0) is 93.0 Å². The number of benzene rings is 7. The third-order valence-corrected chi connectivity index (χ3v) is 11.2. The molecule has 0 saturated heterocycles. The number of imidazole rings is 1. The first-order valence-electron chi connectivity index (χ1n) is 18.7. The van der Waals surface area contributed by atoms with Crippen LogP contribution in [0.5, 0.6) is 5.75 Å². The lowest BCUT2D eigenvalue weighted by Crippen LogP contribution is -2.16. The van der Waals surface area contributed by atoms with Crippen LogP contribution in [0.4, 0.5) is 0 Å². The predicted octanol–water partition coefficient (Wildman–Crippen LogP) is 12.8. The summed E-state index contributed by atoms with van der Waals surface area (Å²) in [6.07, 6.45) is 1.91. The Labute approximate surface area is 320 Å². The lowest BCUT2D eigenvalue weighted by Gasteiger charge is -2.25. The fourth-order valence-corrected chi connectivity index (χ4v) is 8.62. The lowest BCUT2D eigenvalue weighted by atomic mass is 9.78. The highest BCUT2D eigenvalue weighted by atomic mass is 16.3. The summed E-state index contributed by atoms with van der Waals surface area (Å²) >= 11 is 0. The molecule has 0 saturated carbocycles. The summed E-state index contributed by atoms with van der Waals surface area (Å²) in [5, 5.41) is 11.3. The first-order chi connectivity index (χ1) is 27.0. The Hall–Kier alpha value is -7.04. The maximum Gasteiger partial charge on any atom is 0.149 e. The van der Waals surface area contributed by atoms with Gasteiger partial charge in [-0.3, -0.25) is 9.55 Å². The normalized spacial score (nSPS) is 12.8. The molecule has 1 aliphatic rings. The van der Waals surface area contributed by atoms with Crippen molar-refractivity contribution < 1.29 is 5.11 Å². The summed E-state index contributed by atoms with van der Waals surface area (Å²) in [7, 11) is 0. The van der Waals surface area contributed by atoms with Gasteiger partial charge in [0.25, 0.3) is 0 Å². The summed E-state index contributed by atoms with van der Waals surface area (Å²) in [6, 6.07) is 61.0. The van der Waals surface area contributed by atoms with Crippen LogP contribution in [0.15, 0.2) is 182 Å².